The van der Waals surface area contributed by atoms with Crippen molar-refractivity contribution in [2.45, 2.75) is 50.9 Å². The zero-order valence-electron chi connectivity index (χ0n) is 12.6. The molecular weight excluding hydrogens is 293 g/mol. The van der Waals surface area contributed by atoms with Gasteiger partial charge in [-0.25, -0.2) is 0 Å². The van der Waals surface area contributed by atoms with Gasteiger partial charge in [0.15, 0.2) is 0 Å². The van der Waals surface area contributed by atoms with Crippen LogP contribution in [0.1, 0.15) is 42.4 Å². The van der Waals surface area contributed by atoms with Crippen LogP contribution in [0.3, 0.4) is 0 Å². The van der Waals surface area contributed by atoms with Crippen LogP contribution in [-0.2, 0) is 6.18 Å². The number of nitriles is 1. The Balaban J connectivity index is 2.21. The van der Waals surface area contributed by atoms with Crippen molar-refractivity contribution in [2.75, 3.05) is 7.05 Å². The number of hydrogen-bond acceptors (Lipinski definition) is 3. The van der Waals surface area contributed by atoms with E-state index in [2.05, 4.69) is 5.32 Å². The van der Waals surface area contributed by atoms with Crippen LogP contribution in [0.5, 0.6) is 5.75 Å². The van der Waals surface area contributed by atoms with Crippen molar-refractivity contribution in [1.29, 1.82) is 5.26 Å². The Morgan fingerprint density at radius 2 is 1.86 bits per heavy atom. The third-order valence-electron chi connectivity index (χ3n) is 4.20. The fourth-order valence-corrected chi connectivity index (χ4v) is 2.93. The highest BCUT2D eigenvalue weighted by molar-refractivity contribution is 5.50. The molecule has 0 spiro atoms. The van der Waals surface area contributed by atoms with E-state index < -0.39 is 11.7 Å². The van der Waals surface area contributed by atoms with Gasteiger partial charge in [-0.05, 0) is 51.8 Å². The van der Waals surface area contributed by atoms with E-state index in [1.54, 1.807) is 6.07 Å². The fraction of sp³-hybridized carbons (Fsp3) is 0.562. The van der Waals surface area contributed by atoms with Crippen LogP contribution in [0.4, 0.5) is 13.2 Å². The van der Waals surface area contributed by atoms with Gasteiger partial charge < -0.3 is 10.1 Å². The first-order chi connectivity index (χ1) is 10.4. The van der Waals surface area contributed by atoms with E-state index >= 15 is 0 Å². The molecule has 1 aliphatic carbocycles. The summed E-state index contributed by atoms with van der Waals surface area (Å²) < 4.78 is 45.2. The summed E-state index contributed by atoms with van der Waals surface area (Å²) in [5, 5.41) is 12.1. The largest absolute Gasteiger partial charge is 0.490 e. The summed E-state index contributed by atoms with van der Waals surface area (Å²) in [6.07, 6.45) is -1.11. The molecule has 1 saturated carbocycles. The third kappa shape index (κ3) is 3.53. The molecule has 6 heteroatoms. The minimum Gasteiger partial charge on any atom is -0.490 e. The molecule has 120 valence electrons. The summed E-state index contributed by atoms with van der Waals surface area (Å²) >= 11 is 0. The Kier molecular flexibility index (Phi) is 4.97. The molecule has 1 aromatic carbocycles. The van der Waals surface area contributed by atoms with Gasteiger partial charge in [0, 0.05) is 11.6 Å². The zero-order chi connectivity index (χ0) is 16.3. The standard InChI is InChI=1S/C16H19F3N2O/c1-10-14(22-13-6-4-12(21-2)5-7-13)8-3-11(9-20)15(10)16(17,18)19/h3,8,12-13,21H,4-7H2,1-2H3. The molecule has 3 nitrogen and oxygen atoms in total. The lowest BCUT2D eigenvalue weighted by Gasteiger charge is -2.29. The molecule has 0 aliphatic heterocycles. The van der Waals surface area contributed by atoms with Crippen molar-refractivity contribution >= 4 is 0 Å². The third-order valence-corrected chi connectivity index (χ3v) is 4.20. The summed E-state index contributed by atoms with van der Waals surface area (Å²) in [5.74, 6) is 0.222. The van der Waals surface area contributed by atoms with Crippen molar-refractivity contribution in [3.05, 3.63) is 28.8 Å². The molecule has 2 rings (SSSR count). The number of hydrogen-bond donors (Lipinski definition) is 1. The topological polar surface area (TPSA) is 45.0 Å². The van der Waals surface area contributed by atoms with Crippen LogP contribution in [-0.4, -0.2) is 19.2 Å². The Bertz CT molecular complexity index is 570. The van der Waals surface area contributed by atoms with Gasteiger partial charge in [0.05, 0.1) is 23.3 Å². The summed E-state index contributed by atoms with van der Waals surface area (Å²) in [4.78, 5) is 0. The molecule has 0 heterocycles. The molecular formula is C16H19F3N2O. The molecule has 1 aromatic rings. The molecule has 1 N–H and O–H groups in total. The lowest BCUT2D eigenvalue weighted by Crippen LogP contribution is -2.34. The van der Waals surface area contributed by atoms with Crippen LogP contribution in [0.2, 0.25) is 0 Å². The number of benzene rings is 1. The van der Waals surface area contributed by atoms with Crippen LogP contribution in [0, 0.1) is 18.3 Å². The second-order valence-corrected chi connectivity index (χ2v) is 5.60. The molecule has 0 bridgehead atoms. The maximum absolute atomic E-state index is 13.1. The molecule has 0 aromatic heterocycles. The Morgan fingerprint density at radius 3 is 2.36 bits per heavy atom. The van der Waals surface area contributed by atoms with Gasteiger partial charge >= 0.3 is 6.18 Å². The predicted octanol–water partition coefficient (Wildman–Crippen LogP) is 3.79. The molecule has 1 fully saturated rings. The number of nitrogens with one attached hydrogen (secondary N) is 1. The second-order valence-electron chi connectivity index (χ2n) is 5.60. The number of rotatable bonds is 3. The van der Waals surface area contributed by atoms with Crippen LogP contribution in [0.25, 0.3) is 0 Å². The second kappa shape index (κ2) is 6.57. The van der Waals surface area contributed by atoms with Gasteiger partial charge in [-0.1, -0.05) is 0 Å². The fourth-order valence-electron chi connectivity index (χ4n) is 2.93. The minimum absolute atomic E-state index is 0.0118. The van der Waals surface area contributed by atoms with Gasteiger partial charge in [0.25, 0.3) is 0 Å². The lowest BCUT2D eigenvalue weighted by molar-refractivity contribution is -0.138. The first kappa shape index (κ1) is 16.6. The van der Waals surface area contributed by atoms with E-state index in [1.807, 2.05) is 7.05 Å². The highest BCUT2D eigenvalue weighted by Crippen LogP contribution is 2.38. The summed E-state index contributed by atoms with van der Waals surface area (Å²) in [6, 6.07) is 4.71. The zero-order valence-corrected chi connectivity index (χ0v) is 12.6. The first-order valence-corrected chi connectivity index (χ1v) is 7.31. The maximum Gasteiger partial charge on any atom is 0.418 e. The molecule has 1 aliphatic rings. The minimum atomic E-state index is -4.56. The average molecular weight is 312 g/mol. The van der Waals surface area contributed by atoms with Crippen molar-refractivity contribution in [3.8, 4) is 11.8 Å². The molecule has 0 radical (unpaired) electrons. The van der Waals surface area contributed by atoms with E-state index in [-0.39, 0.29) is 23.0 Å². The molecule has 0 amide bonds. The van der Waals surface area contributed by atoms with Crippen LogP contribution >= 0.6 is 0 Å². The quantitative estimate of drug-likeness (QED) is 0.923. The first-order valence-electron chi connectivity index (χ1n) is 7.31. The van der Waals surface area contributed by atoms with E-state index in [0.717, 1.165) is 25.7 Å². The molecule has 22 heavy (non-hydrogen) atoms. The summed E-state index contributed by atoms with van der Waals surface area (Å²) in [6.45, 7) is 1.36. The van der Waals surface area contributed by atoms with Gasteiger partial charge in [0.1, 0.15) is 5.75 Å². The smallest absolute Gasteiger partial charge is 0.418 e. The van der Waals surface area contributed by atoms with Crippen LogP contribution in [0.15, 0.2) is 12.1 Å². The van der Waals surface area contributed by atoms with E-state index in [4.69, 9.17) is 10.00 Å². The summed E-state index contributed by atoms with van der Waals surface area (Å²) in [7, 11) is 1.91. The highest BCUT2D eigenvalue weighted by atomic mass is 19.4. The SMILES string of the molecule is CNC1CCC(Oc2ccc(C#N)c(C(F)(F)F)c2C)CC1. The van der Waals surface area contributed by atoms with Gasteiger partial charge in [-0.2, -0.15) is 18.4 Å². The Morgan fingerprint density at radius 1 is 1.23 bits per heavy atom. The molecule has 0 unspecified atom stereocenters. The van der Waals surface area contributed by atoms with Crippen molar-refractivity contribution in [1.82, 2.24) is 5.32 Å². The van der Waals surface area contributed by atoms with Gasteiger partial charge in [0.2, 0.25) is 0 Å². The van der Waals surface area contributed by atoms with E-state index in [9.17, 15) is 13.2 Å². The number of halogens is 3. The van der Waals surface area contributed by atoms with Crippen molar-refractivity contribution in [2.24, 2.45) is 0 Å². The average Bonchev–Trinajstić information content (AvgIpc) is 2.48. The van der Waals surface area contributed by atoms with E-state index in [0.29, 0.717) is 6.04 Å². The number of nitrogens with zero attached hydrogens (tertiary/aromatic N) is 1. The Hall–Kier alpha value is -1.74. The normalized spacial score (nSPS) is 22.2. The number of alkyl halides is 3. The van der Waals surface area contributed by atoms with Crippen LogP contribution < -0.4 is 10.1 Å². The lowest BCUT2D eigenvalue weighted by atomic mass is 9.93. The maximum atomic E-state index is 13.1. The van der Waals surface area contributed by atoms with E-state index in [1.165, 1.54) is 19.1 Å². The summed E-state index contributed by atoms with van der Waals surface area (Å²) in [5.41, 5.74) is -1.27. The highest BCUT2D eigenvalue weighted by Gasteiger charge is 2.37. The van der Waals surface area contributed by atoms with Crippen molar-refractivity contribution in [3.63, 3.8) is 0 Å². The number of ether oxygens (including phenoxy) is 1. The molecule has 0 atom stereocenters. The van der Waals surface area contributed by atoms with Gasteiger partial charge in [-0.15, -0.1) is 0 Å². The monoisotopic (exact) mass is 312 g/mol. The molecule has 0 saturated heterocycles. The van der Waals surface area contributed by atoms with Gasteiger partial charge in [-0.3, -0.25) is 0 Å². The predicted molar refractivity (Wildman–Crippen MR) is 76.6 cm³/mol. The van der Waals surface area contributed by atoms with Crippen molar-refractivity contribution < 1.29 is 17.9 Å². The Labute approximate surface area is 128 Å².